The van der Waals surface area contributed by atoms with Crippen molar-refractivity contribution in [1.82, 2.24) is 9.80 Å². The highest BCUT2D eigenvalue weighted by Crippen LogP contribution is 2.42. The van der Waals surface area contributed by atoms with Crippen LogP contribution < -0.4 is 4.74 Å². The zero-order valence-corrected chi connectivity index (χ0v) is 24.2. The van der Waals surface area contributed by atoms with Gasteiger partial charge in [-0.15, -0.1) is 0 Å². The Kier molecular flexibility index (Phi) is 7.26. The molecule has 2 aliphatic rings. The van der Waals surface area contributed by atoms with Crippen molar-refractivity contribution in [2.24, 2.45) is 0 Å². The quantitative estimate of drug-likeness (QED) is 0.350. The molecule has 2 fully saturated rings. The molecule has 33 heavy (non-hydrogen) atoms. The lowest BCUT2D eigenvalue weighted by Gasteiger charge is -2.63. The van der Waals surface area contributed by atoms with Gasteiger partial charge in [-0.05, 0) is 50.3 Å². The summed E-state index contributed by atoms with van der Waals surface area (Å²) in [4.78, 5) is 30.0. The van der Waals surface area contributed by atoms with E-state index in [1.807, 2.05) is 12.1 Å². The van der Waals surface area contributed by atoms with Crippen LogP contribution in [-0.2, 0) is 4.79 Å². The summed E-state index contributed by atoms with van der Waals surface area (Å²) in [5.41, 5.74) is 0.915. The average Bonchev–Trinajstić information content (AvgIpc) is 2.71. The van der Waals surface area contributed by atoms with Crippen molar-refractivity contribution in [3.05, 3.63) is 29.8 Å². The van der Waals surface area contributed by atoms with Crippen LogP contribution in [0.2, 0.25) is 39.3 Å². The number of rotatable bonds is 6. The normalized spacial score (nSPS) is 21.7. The van der Waals surface area contributed by atoms with E-state index in [2.05, 4.69) is 70.2 Å². The first-order chi connectivity index (χ1) is 15.2. The van der Waals surface area contributed by atoms with E-state index < -0.39 is 33.8 Å². The molecule has 0 N–H and O–H groups in total. The van der Waals surface area contributed by atoms with Gasteiger partial charge in [0.25, 0.3) is 0 Å². The Bertz CT molecular complexity index is 851. The number of carbonyl (C=O) groups excluding carboxylic acids is 2. The lowest BCUT2D eigenvalue weighted by Crippen LogP contribution is -2.84. The SMILES string of the molecule is CN(C(=O)Oc1ccc(C2CCCCC2)cc1)[C@@H]1C(=O)N(C([Si](C)(C)C)[Si](C)(C)C)C1(C)C. The van der Waals surface area contributed by atoms with E-state index >= 15 is 0 Å². The van der Waals surface area contributed by atoms with Crippen molar-refractivity contribution in [2.75, 3.05) is 7.05 Å². The van der Waals surface area contributed by atoms with Crippen LogP contribution in [0, 0.1) is 0 Å². The third kappa shape index (κ3) is 5.24. The summed E-state index contributed by atoms with van der Waals surface area (Å²) < 4.78 is 5.68. The van der Waals surface area contributed by atoms with Crippen LogP contribution in [0.4, 0.5) is 4.79 Å². The van der Waals surface area contributed by atoms with Crippen LogP contribution in [0.3, 0.4) is 0 Å². The summed E-state index contributed by atoms with van der Waals surface area (Å²) in [5.74, 6) is 1.22. The van der Waals surface area contributed by atoms with Gasteiger partial charge in [-0.25, -0.2) is 4.79 Å². The van der Waals surface area contributed by atoms with E-state index in [-0.39, 0.29) is 5.91 Å². The largest absolute Gasteiger partial charge is 0.415 e. The second-order valence-corrected chi connectivity index (χ2v) is 23.9. The molecule has 1 saturated carbocycles. The highest BCUT2D eigenvalue weighted by atomic mass is 28.4. The standard InChI is InChI=1S/C26H44N2O3Si2/c1-26(2)22(23(29)28(26)25(32(4,5)6)33(7,8)9)27(3)24(30)31-21-17-15-20(16-18-21)19-13-11-10-12-14-19/h15-19,22,25H,10-14H2,1-9H3/t22-/m1/s1. The number of hydrogen-bond acceptors (Lipinski definition) is 3. The molecule has 0 bridgehead atoms. The van der Waals surface area contributed by atoms with Gasteiger partial charge in [-0.3, -0.25) is 9.69 Å². The van der Waals surface area contributed by atoms with Crippen LogP contribution in [0.1, 0.15) is 57.4 Å². The predicted molar refractivity (Wildman–Crippen MR) is 141 cm³/mol. The first kappa shape index (κ1) is 26.0. The number of amides is 2. The van der Waals surface area contributed by atoms with E-state index in [0.29, 0.717) is 17.0 Å². The minimum atomic E-state index is -1.63. The summed E-state index contributed by atoms with van der Waals surface area (Å²) >= 11 is 0. The molecule has 0 radical (unpaired) electrons. The summed E-state index contributed by atoms with van der Waals surface area (Å²) in [5, 5.41) is 0.320. The molecule has 1 aliphatic carbocycles. The van der Waals surface area contributed by atoms with E-state index in [4.69, 9.17) is 4.74 Å². The van der Waals surface area contributed by atoms with Crippen LogP contribution in [0.25, 0.3) is 0 Å². The average molecular weight is 489 g/mol. The fourth-order valence-corrected chi connectivity index (χ4v) is 19.3. The molecule has 1 aromatic rings. The van der Waals surface area contributed by atoms with E-state index in [0.717, 1.165) is 0 Å². The fraction of sp³-hybridized carbons (Fsp3) is 0.692. The molecule has 0 unspecified atom stereocenters. The fourth-order valence-electron chi connectivity index (χ4n) is 6.48. The van der Waals surface area contributed by atoms with Gasteiger partial charge in [-0.2, -0.15) is 0 Å². The number of nitrogens with zero attached hydrogens (tertiary/aromatic N) is 2. The molecule has 5 nitrogen and oxygen atoms in total. The monoisotopic (exact) mass is 488 g/mol. The Morgan fingerprint density at radius 1 is 1.00 bits per heavy atom. The van der Waals surface area contributed by atoms with E-state index in [9.17, 15) is 9.59 Å². The molecule has 1 atom stereocenters. The molecular weight excluding hydrogens is 444 g/mol. The molecule has 2 amide bonds. The number of ether oxygens (including phenoxy) is 1. The van der Waals surface area contributed by atoms with Gasteiger partial charge >= 0.3 is 6.09 Å². The molecule has 1 saturated heterocycles. The van der Waals surface area contributed by atoms with Crippen molar-refractivity contribution in [1.29, 1.82) is 0 Å². The van der Waals surface area contributed by atoms with Gasteiger partial charge < -0.3 is 9.64 Å². The summed E-state index contributed by atoms with van der Waals surface area (Å²) in [6.07, 6.45) is 5.95. The van der Waals surface area contributed by atoms with Crippen LogP contribution in [0.15, 0.2) is 24.3 Å². The van der Waals surface area contributed by atoms with Crippen molar-refractivity contribution in [3.8, 4) is 5.75 Å². The van der Waals surface area contributed by atoms with Gasteiger partial charge in [-0.1, -0.05) is 70.7 Å². The number of likely N-dealkylation sites (tertiary alicyclic amines) is 1. The van der Waals surface area contributed by atoms with Gasteiger partial charge in [0, 0.05) is 12.3 Å². The smallest absolute Gasteiger partial charge is 0.410 e. The molecule has 0 aromatic heterocycles. The second kappa shape index (κ2) is 9.21. The Labute approximate surface area is 202 Å². The summed E-state index contributed by atoms with van der Waals surface area (Å²) in [6, 6.07) is 7.46. The molecule has 1 aliphatic heterocycles. The highest BCUT2D eigenvalue weighted by Gasteiger charge is 2.62. The Morgan fingerprint density at radius 3 is 1.97 bits per heavy atom. The Balaban J connectivity index is 1.70. The maximum atomic E-state index is 13.5. The highest BCUT2D eigenvalue weighted by molar-refractivity contribution is 6.96. The van der Waals surface area contributed by atoms with Crippen LogP contribution in [0.5, 0.6) is 5.75 Å². The molecule has 184 valence electrons. The van der Waals surface area contributed by atoms with Crippen molar-refractivity contribution >= 4 is 28.1 Å². The molecular formula is C26H44N2O3Si2. The zero-order chi connectivity index (χ0) is 24.8. The second-order valence-electron chi connectivity index (χ2n) is 12.8. The molecule has 7 heteroatoms. The third-order valence-corrected chi connectivity index (χ3v) is 16.5. The Hall–Kier alpha value is -1.61. The lowest BCUT2D eigenvalue weighted by molar-refractivity contribution is -0.167. The minimum absolute atomic E-state index is 0.0574. The van der Waals surface area contributed by atoms with Gasteiger partial charge in [0.05, 0.1) is 21.7 Å². The number of carbonyl (C=O) groups is 2. The van der Waals surface area contributed by atoms with Crippen molar-refractivity contribution < 1.29 is 14.3 Å². The van der Waals surface area contributed by atoms with Gasteiger partial charge in [0.2, 0.25) is 5.91 Å². The van der Waals surface area contributed by atoms with Crippen molar-refractivity contribution in [3.63, 3.8) is 0 Å². The van der Waals surface area contributed by atoms with Crippen LogP contribution >= 0.6 is 0 Å². The topological polar surface area (TPSA) is 49.9 Å². The number of hydrogen-bond donors (Lipinski definition) is 0. The number of likely N-dealkylation sites (N-methyl/N-ethyl adjacent to an activating group) is 1. The first-order valence-corrected chi connectivity index (χ1v) is 19.7. The minimum Gasteiger partial charge on any atom is -0.410 e. The van der Waals surface area contributed by atoms with E-state index in [1.165, 1.54) is 42.6 Å². The number of β-lactam (4-membered cyclic amide) rings is 1. The van der Waals surface area contributed by atoms with Gasteiger partial charge in [0.15, 0.2) is 0 Å². The molecule has 0 spiro atoms. The molecule has 3 rings (SSSR count). The third-order valence-electron chi connectivity index (χ3n) is 7.50. The lowest BCUT2D eigenvalue weighted by atomic mass is 9.82. The zero-order valence-electron chi connectivity index (χ0n) is 22.2. The van der Waals surface area contributed by atoms with E-state index in [1.54, 1.807) is 7.05 Å². The number of benzene rings is 1. The maximum absolute atomic E-state index is 13.5. The van der Waals surface area contributed by atoms with Gasteiger partial charge in [0.1, 0.15) is 11.8 Å². The maximum Gasteiger partial charge on any atom is 0.415 e. The molecule has 1 aromatic carbocycles. The summed E-state index contributed by atoms with van der Waals surface area (Å²) in [6.45, 7) is 18.3. The Morgan fingerprint density at radius 2 is 1.52 bits per heavy atom. The first-order valence-electron chi connectivity index (χ1n) is 12.5. The van der Waals surface area contributed by atoms with Crippen molar-refractivity contribution in [2.45, 2.75) is 108 Å². The predicted octanol–water partition coefficient (Wildman–Crippen LogP) is 6.28. The summed E-state index contributed by atoms with van der Waals surface area (Å²) in [7, 11) is -1.56. The van der Waals surface area contributed by atoms with Crippen LogP contribution in [-0.4, -0.2) is 61.9 Å². The molecule has 1 heterocycles.